The summed E-state index contributed by atoms with van der Waals surface area (Å²) in [5.41, 5.74) is 1.13. The van der Waals surface area contributed by atoms with E-state index in [0.29, 0.717) is 6.79 Å². The molecule has 1 heterocycles. The second-order valence-electron chi connectivity index (χ2n) is 2.80. The third kappa shape index (κ3) is 1.24. The number of aryl methyl sites for hydroxylation is 1. The Morgan fingerprint density at radius 1 is 1.42 bits per heavy atom. The van der Waals surface area contributed by atoms with Crippen LogP contribution in [0.25, 0.3) is 0 Å². The molecule has 1 aromatic carbocycles. The molecule has 0 fully saturated rings. The van der Waals surface area contributed by atoms with Gasteiger partial charge in [-0.05, 0) is 24.1 Å². The number of hydrogen-bond acceptors (Lipinski definition) is 2. The molecule has 1 unspecified atom stereocenters. The lowest BCUT2D eigenvalue weighted by molar-refractivity contribution is 0.174. The molecule has 64 valence electrons. The molecule has 12 heavy (non-hydrogen) atoms. The van der Waals surface area contributed by atoms with E-state index in [1.807, 2.05) is 25.1 Å². The lowest BCUT2D eigenvalue weighted by atomic mass is 10.1. The number of benzene rings is 1. The summed E-state index contributed by atoms with van der Waals surface area (Å²) < 4.78 is 17.9. The number of ether oxygens (including phenoxy) is 2. The van der Waals surface area contributed by atoms with Crippen LogP contribution in [0.5, 0.6) is 11.5 Å². The van der Waals surface area contributed by atoms with Crippen LogP contribution in [0, 0.1) is 0 Å². The van der Waals surface area contributed by atoms with Crippen LogP contribution in [0.15, 0.2) is 18.2 Å². The van der Waals surface area contributed by atoms with Crippen molar-refractivity contribution in [3.05, 3.63) is 23.8 Å². The summed E-state index contributed by atoms with van der Waals surface area (Å²) in [7, 11) is 0. The summed E-state index contributed by atoms with van der Waals surface area (Å²) in [4.78, 5) is 0. The molecule has 2 heteroatoms. The van der Waals surface area contributed by atoms with Gasteiger partial charge < -0.3 is 9.47 Å². The van der Waals surface area contributed by atoms with Crippen LogP contribution in [0.2, 0.25) is 0 Å². The van der Waals surface area contributed by atoms with Crippen molar-refractivity contribution < 1.29 is 10.8 Å². The summed E-state index contributed by atoms with van der Waals surface area (Å²) >= 11 is 0. The molecule has 0 bridgehead atoms. The van der Waals surface area contributed by atoms with Crippen molar-refractivity contribution in [2.45, 2.75) is 19.7 Å². The third-order valence-corrected chi connectivity index (χ3v) is 1.88. The SMILES string of the molecule is [2H]C(C)Cc1ccc2c(c1)OCO2. The van der Waals surface area contributed by atoms with E-state index in [0.717, 1.165) is 23.5 Å². The molecular formula is C10H12O2. The van der Waals surface area contributed by atoms with Crippen molar-refractivity contribution in [3.63, 3.8) is 0 Å². The molecule has 2 rings (SSSR count). The highest BCUT2D eigenvalue weighted by Crippen LogP contribution is 2.32. The molecular weight excluding hydrogens is 152 g/mol. The normalized spacial score (nSPS) is 17.2. The van der Waals surface area contributed by atoms with Crippen molar-refractivity contribution >= 4 is 0 Å². The highest BCUT2D eigenvalue weighted by atomic mass is 16.7. The quantitative estimate of drug-likeness (QED) is 0.669. The maximum Gasteiger partial charge on any atom is 0.231 e. The fourth-order valence-electron chi connectivity index (χ4n) is 1.30. The first kappa shape index (κ1) is 6.35. The highest BCUT2D eigenvalue weighted by Gasteiger charge is 2.12. The van der Waals surface area contributed by atoms with Crippen LogP contribution in [0.1, 0.15) is 20.3 Å². The van der Waals surface area contributed by atoms with Crippen molar-refractivity contribution in [2.24, 2.45) is 0 Å². The molecule has 1 aromatic rings. The summed E-state index contributed by atoms with van der Waals surface area (Å²) in [6.07, 6.45) is 0.691. The Morgan fingerprint density at radius 2 is 2.25 bits per heavy atom. The molecule has 1 atom stereocenters. The Bertz CT molecular complexity index is 310. The van der Waals surface area contributed by atoms with Gasteiger partial charge in [0.2, 0.25) is 6.79 Å². The zero-order valence-electron chi connectivity index (χ0n) is 8.04. The van der Waals surface area contributed by atoms with Crippen molar-refractivity contribution in [1.29, 1.82) is 0 Å². The maximum atomic E-state index is 7.44. The smallest absolute Gasteiger partial charge is 0.231 e. The topological polar surface area (TPSA) is 18.5 Å². The van der Waals surface area contributed by atoms with Gasteiger partial charge in [0.15, 0.2) is 11.5 Å². The van der Waals surface area contributed by atoms with Crippen LogP contribution in [0.3, 0.4) is 0 Å². The van der Waals surface area contributed by atoms with E-state index >= 15 is 0 Å². The molecule has 0 aliphatic carbocycles. The monoisotopic (exact) mass is 165 g/mol. The lowest BCUT2D eigenvalue weighted by Gasteiger charge is -1.99. The van der Waals surface area contributed by atoms with Crippen molar-refractivity contribution in [2.75, 3.05) is 6.79 Å². The van der Waals surface area contributed by atoms with Crippen LogP contribution in [-0.2, 0) is 6.42 Å². The van der Waals surface area contributed by atoms with E-state index in [9.17, 15) is 0 Å². The highest BCUT2D eigenvalue weighted by molar-refractivity contribution is 5.44. The van der Waals surface area contributed by atoms with Gasteiger partial charge in [-0.25, -0.2) is 0 Å². The standard InChI is InChI=1S/C10H12O2/c1-2-3-8-4-5-9-10(6-8)12-7-11-9/h4-6H,2-3,7H2,1H3/i2D. The molecule has 2 nitrogen and oxygen atoms in total. The first-order chi connectivity index (χ1) is 6.25. The zero-order valence-corrected chi connectivity index (χ0v) is 7.04. The zero-order chi connectivity index (χ0) is 9.26. The molecule has 0 radical (unpaired) electrons. The van der Waals surface area contributed by atoms with Gasteiger partial charge in [0.25, 0.3) is 0 Å². The van der Waals surface area contributed by atoms with Gasteiger partial charge in [0.1, 0.15) is 0 Å². The Kier molecular flexibility index (Phi) is 1.61. The summed E-state index contributed by atoms with van der Waals surface area (Å²) in [6.45, 7) is 2.19. The average Bonchev–Trinajstić information content (AvgIpc) is 2.49. The van der Waals surface area contributed by atoms with Crippen LogP contribution >= 0.6 is 0 Å². The largest absolute Gasteiger partial charge is 0.454 e. The minimum Gasteiger partial charge on any atom is -0.454 e. The van der Waals surface area contributed by atoms with Gasteiger partial charge in [-0.3, -0.25) is 0 Å². The first-order valence-corrected chi connectivity index (χ1v) is 4.06. The Morgan fingerprint density at radius 3 is 3.08 bits per heavy atom. The van der Waals surface area contributed by atoms with E-state index in [2.05, 4.69) is 0 Å². The predicted octanol–water partition coefficient (Wildman–Crippen LogP) is 2.37. The summed E-state index contributed by atoms with van der Waals surface area (Å²) in [6, 6.07) is 5.84. The molecule has 0 aromatic heterocycles. The number of rotatable bonds is 2. The van der Waals surface area contributed by atoms with Crippen LogP contribution in [0.4, 0.5) is 0 Å². The predicted molar refractivity (Wildman–Crippen MR) is 46.6 cm³/mol. The molecule has 0 spiro atoms. The summed E-state index contributed by atoms with van der Waals surface area (Å²) in [5.74, 6) is 1.61. The second kappa shape index (κ2) is 3.05. The van der Waals surface area contributed by atoms with E-state index in [1.165, 1.54) is 0 Å². The molecule has 0 saturated carbocycles. The second-order valence-corrected chi connectivity index (χ2v) is 2.80. The Balaban J connectivity index is 2.21. The molecule has 1 aliphatic rings. The average molecular weight is 165 g/mol. The van der Waals surface area contributed by atoms with Crippen molar-refractivity contribution in [1.82, 2.24) is 0 Å². The molecule has 0 saturated heterocycles. The minimum absolute atomic E-state index is 0.0691. The fraction of sp³-hybridized carbons (Fsp3) is 0.400. The third-order valence-electron chi connectivity index (χ3n) is 1.88. The van der Waals surface area contributed by atoms with Gasteiger partial charge in [0, 0.05) is 1.37 Å². The van der Waals surface area contributed by atoms with E-state index in [-0.39, 0.29) is 6.40 Å². The van der Waals surface area contributed by atoms with E-state index in [1.54, 1.807) is 0 Å². The molecule has 0 N–H and O–H groups in total. The van der Waals surface area contributed by atoms with Gasteiger partial charge in [-0.2, -0.15) is 0 Å². The number of hydrogen-bond donors (Lipinski definition) is 0. The first-order valence-electron chi connectivity index (χ1n) is 4.64. The Labute approximate surface area is 73.5 Å². The lowest BCUT2D eigenvalue weighted by Crippen LogP contribution is -1.92. The van der Waals surface area contributed by atoms with E-state index < -0.39 is 0 Å². The van der Waals surface area contributed by atoms with Gasteiger partial charge >= 0.3 is 0 Å². The van der Waals surface area contributed by atoms with E-state index in [4.69, 9.17) is 10.8 Å². The van der Waals surface area contributed by atoms with Crippen molar-refractivity contribution in [3.8, 4) is 11.5 Å². The van der Waals surface area contributed by atoms with Gasteiger partial charge in [-0.1, -0.05) is 19.4 Å². The molecule has 1 aliphatic heterocycles. The maximum absolute atomic E-state index is 7.44. The van der Waals surface area contributed by atoms with Gasteiger partial charge in [-0.15, -0.1) is 0 Å². The minimum atomic E-state index is -0.0691. The molecule has 0 amide bonds. The Hall–Kier alpha value is -1.18. The fourth-order valence-corrected chi connectivity index (χ4v) is 1.30. The van der Waals surface area contributed by atoms with Crippen LogP contribution < -0.4 is 9.47 Å². The summed E-state index contributed by atoms with van der Waals surface area (Å²) in [5, 5.41) is 0. The van der Waals surface area contributed by atoms with Gasteiger partial charge in [0.05, 0.1) is 0 Å². The number of fused-ring (bicyclic) bond motifs is 1. The van der Waals surface area contributed by atoms with Crippen LogP contribution in [-0.4, -0.2) is 6.79 Å².